The predicted molar refractivity (Wildman–Crippen MR) is 102 cm³/mol. The minimum atomic E-state index is -0.234. The van der Waals surface area contributed by atoms with Crippen LogP contribution in [0.2, 0.25) is 0 Å². The van der Waals surface area contributed by atoms with Gasteiger partial charge in [-0.25, -0.2) is 9.97 Å². The van der Waals surface area contributed by atoms with E-state index in [0.717, 1.165) is 47.5 Å². The smallest absolute Gasteiger partial charge is 0.274 e. The van der Waals surface area contributed by atoms with Crippen LogP contribution in [0.15, 0.2) is 35.1 Å². The van der Waals surface area contributed by atoms with Crippen molar-refractivity contribution in [2.75, 3.05) is 23.3 Å². The van der Waals surface area contributed by atoms with Crippen LogP contribution in [0.3, 0.4) is 0 Å². The molecule has 0 bridgehead atoms. The maximum absolute atomic E-state index is 12.5. The SMILES string of the molecule is CCCN(CCC)c1cc(C(=O)Nc2ccc(C)c(Br)c2)ncn1. The van der Waals surface area contributed by atoms with Crippen molar-refractivity contribution in [2.45, 2.75) is 33.6 Å². The highest BCUT2D eigenvalue weighted by molar-refractivity contribution is 9.10. The first kappa shape index (κ1) is 18.4. The Labute approximate surface area is 151 Å². The van der Waals surface area contributed by atoms with Gasteiger partial charge in [-0.3, -0.25) is 4.79 Å². The van der Waals surface area contributed by atoms with E-state index in [-0.39, 0.29) is 5.91 Å². The first-order valence-electron chi connectivity index (χ1n) is 8.19. The zero-order valence-corrected chi connectivity index (χ0v) is 15.9. The monoisotopic (exact) mass is 390 g/mol. The summed E-state index contributed by atoms with van der Waals surface area (Å²) < 4.78 is 0.959. The lowest BCUT2D eigenvalue weighted by atomic mass is 10.2. The van der Waals surface area contributed by atoms with Crippen molar-refractivity contribution in [2.24, 2.45) is 0 Å². The summed E-state index contributed by atoms with van der Waals surface area (Å²) in [7, 11) is 0. The van der Waals surface area contributed by atoms with Gasteiger partial charge in [0.15, 0.2) is 0 Å². The van der Waals surface area contributed by atoms with Gasteiger partial charge in [0, 0.05) is 29.3 Å². The minimum Gasteiger partial charge on any atom is -0.357 e. The first-order chi connectivity index (χ1) is 11.5. The second kappa shape index (κ2) is 8.78. The maximum Gasteiger partial charge on any atom is 0.274 e. The second-order valence-corrected chi connectivity index (χ2v) is 6.52. The lowest BCUT2D eigenvalue weighted by molar-refractivity contribution is 0.102. The van der Waals surface area contributed by atoms with Gasteiger partial charge >= 0.3 is 0 Å². The molecule has 1 aromatic heterocycles. The fourth-order valence-corrected chi connectivity index (χ4v) is 2.77. The molecule has 0 saturated heterocycles. The van der Waals surface area contributed by atoms with E-state index >= 15 is 0 Å². The Morgan fingerprint density at radius 2 is 1.88 bits per heavy atom. The van der Waals surface area contributed by atoms with Crippen LogP contribution < -0.4 is 10.2 Å². The van der Waals surface area contributed by atoms with Gasteiger partial charge in [0.2, 0.25) is 0 Å². The Hall–Kier alpha value is -1.95. The summed E-state index contributed by atoms with van der Waals surface area (Å²) in [6.07, 6.45) is 3.51. The molecule has 0 aliphatic heterocycles. The van der Waals surface area contributed by atoms with Crippen LogP contribution in [-0.2, 0) is 0 Å². The number of carbonyl (C=O) groups excluding carboxylic acids is 1. The number of rotatable bonds is 7. The van der Waals surface area contributed by atoms with Crippen molar-refractivity contribution in [1.29, 1.82) is 0 Å². The fourth-order valence-electron chi connectivity index (χ4n) is 2.39. The van der Waals surface area contributed by atoms with E-state index in [1.54, 1.807) is 6.07 Å². The lowest BCUT2D eigenvalue weighted by Crippen LogP contribution is -2.26. The predicted octanol–water partition coefficient (Wildman–Crippen LogP) is 4.43. The molecule has 128 valence electrons. The van der Waals surface area contributed by atoms with Crippen molar-refractivity contribution in [1.82, 2.24) is 9.97 Å². The van der Waals surface area contributed by atoms with E-state index in [2.05, 4.69) is 50.0 Å². The Morgan fingerprint density at radius 1 is 1.17 bits per heavy atom. The molecule has 0 radical (unpaired) electrons. The number of benzene rings is 1. The van der Waals surface area contributed by atoms with Crippen LogP contribution in [0.4, 0.5) is 11.5 Å². The van der Waals surface area contributed by atoms with E-state index in [1.807, 2.05) is 25.1 Å². The van der Waals surface area contributed by atoms with E-state index in [4.69, 9.17) is 0 Å². The van der Waals surface area contributed by atoms with Crippen molar-refractivity contribution in [3.05, 3.63) is 46.3 Å². The molecule has 0 spiro atoms. The standard InChI is InChI=1S/C18H23BrN4O/c1-4-8-23(9-5-2)17-11-16(20-12-21-17)18(24)22-14-7-6-13(3)15(19)10-14/h6-7,10-12H,4-5,8-9H2,1-3H3,(H,22,24). The van der Waals surface area contributed by atoms with Crippen molar-refractivity contribution in [3.63, 3.8) is 0 Å². The molecule has 2 rings (SSSR count). The number of nitrogens with one attached hydrogen (secondary N) is 1. The van der Waals surface area contributed by atoms with Gasteiger partial charge in [0.05, 0.1) is 0 Å². The summed E-state index contributed by atoms with van der Waals surface area (Å²) >= 11 is 3.47. The molecule has 0 saturated carbocycles. The van der Waals surface area contributed by atoms with Crippen LogP contribution in [0.5, 0.6) is 0 Å². The van der Waals surface area contributed by atoms with Gasteiger partial charge < -0.3 is 10.2 Å². The van der Waals surface area contributed by atoms with Crippen molar-refractivity contribution in [3.8, 4) is 0 Å². The van der Waals surface area contributed by atoms with Gasteiger partial charge in [0.1, 0.15) is 17.8 Å². The molecule has 0 aliphatic carbocycles. The Balaban J connectivity index is 2.17. The number of nitrogens with zero attached hydrogens (tertiary/aromatic N) is 3. The van der Waals surface area contributed by atoms with Crippen molar-refractivity contribution >= 4 is 33.3 Å². The number of halogens is 1. The van der Waals surface area contributed by atoms with Gasteiger partial charge in [-0.15, -0.1) is 0 Å². The van der Waals surface area contributed by atoms with E-state index in [9.17, 15) is 4.79 Å². The molecule has 0 fully saturated rings. The fraction of sp³-hybridized carbons (Fsp3) is 0.389. The molecule has 1 aromatic carbocycles. The number of carbonyl (C=O) groups is 1. The largest absolute Gasteiger partial charge is 0.357 e. The Morgan fingerprint density at radius 3 is 2.50 bits per heavy atom. The molecule has 0 atom stereocenters. The average Bonchev–Trinajstić information content (AvgIpc) is 2.58. The van der Waals surface area contributed by atoms with Crippen LogP contribution in [-0.4, -0.2) is 29.0 Å². The highest BCUT2D eigenvalue weighted by Gasteiger charge is 2.13. The topological polar surface area (TPSA) is 58.1 Å². The number of hydrogen-bond donors (Lipinski definition) is 1. The minimum absolute atomic E-state index is 0.234. The van der Waals surface area contributed by atoms with E-state index in [0.29, 0.717) is 5.69 Å². The average molecular weight is 391 g/mol. The highest BCUT2D eigenvalue weighted by atomic mass is 79.9. The summed E-state index contributed by atoms with van der Waals surface area (Å²) in [5, 5.41) is 2.88. The van der Waals surface area contributed by atoms with E-state index < -0.39 is 0 Å². The number of anilines is 2. The second-order valence-electron chi connectivity index (χ2n) is 5.67. The summed E-state index contributed by atoms with van der Waals surface area (Å²) in [5.41, 5.74) is 2.22. The van der Waals surface area contributed by atoms with Crippen LogP contribution in [0, 0.1) is 6.92 Å². The zero-order valence-electron chi connectivity index (χ0n) is 14.3. The molecule has 0 unspecified atom stereocenters. The molecule has 1 N–H and O–H groups in total. The molecule has 5 nitrogen and oxygen atoms in total. The third kappa shape index (κ3) is 4.77. The summed E-state index contributed by atoms with van der Waals surface area (Å²) in [6.45, 7) is 8.09. The maximum atomic E-state index is 12.5. The molecule has 24 heavy (non-hydrogen) atoms. The molecular weight excluding hydrogens is 368 g/mol. The van der Waals surface area contributed by atoms with Gasteiger partial charge in [-0.1, -0.05) is 35.8 Å². The van der Waals surface area contributed by atoms with Gasteiger partial charge in [0.25, 0.3) is 5.91 Å². The van der Waals surface area contributed by atoms with E-state index in [1.165, 1.54) is 6.33 Å². The molecule has 1 heterocycles. The van der Waals surface area contributed by atoms with Crippen LogP contribution >= 0.6 is 15.9 Å². The molecular formula is C18H23BrN4O. The van der Waals surface area contributed by atoms with Crippen LogP contribution in [0.25, 0.3) is 0 Å². The zero-order chi connectivity index (χ0) is 17.5. The number of aromatic nitrogens is 2. The summed E-state index contributed by atoms with van der Waals surface area (Å²) in [5.74, 6) is 0.561. The third-order valence-electron chi connectivity index (χ3n) is 3.63. The quantitative estimate of drug-likeness (QED) is 0.759. The molecule has 1 amide bonds. The number of aryl methyl sites for hydroxylation is 1. The molecule has 6 heteroatoms. The lowest BCUT2D eigenvalue weighted by Gasteiger charge is -2.22. The number of amides is 1. The summed E-state index contributed by atoms with van der Waals surface area (Å²) in [4.78, 5) is 23.1. The molecule has 0 aliphatic rings. The number of hydrogen-bond acceptors (Lipinski definition) is 4. The van der Waals surface area contributed by atoms with Crippen LogP contribution in [0.1, 0.15) is 42.7 Å². The highest BCUT2D eigenvalue weighted by Crippen LogP contribution is 2.21. The normalized spacial score (nSPS) is 10.5. The first-order valence-corrected chi connectivity index (χ1v) is 8.99. The third-order valence-corrected chi connectivity index (χ3v) is 4.48. The van der Waals surface area contributed by atoms with Gasteiger partial charge in [-0.05, 0) is 37.5 Å². The van der Waals surface area contributed by atoms with Gasteiger partial charge in [-0.2, -0.15) is 0 Å². The Kier molecular flexibility index (Phi) is 6.73. The molecule has 2 aromatic rings. The van der Waals surface area contributed by atoms with Crippen molar-refractivity contribution < 1.29 is 4.79 Å². The Bertz CT molecular complexity index is 699. The summed E-state index contributed by atoms with van der Waals surface area (Å²) in [6, 6.07) is 7.47.